The molecular weight excluding hydrogens is 422 g/mol. The molecule has 170 valence electrons. The number of carbonyl (C=O) groups is 1. The van der Waals surface area contributed by atoms with Gasteiger partial charge in [0.25, 0.3) is 0 Å². The van der Waals surface area contributed by atoms with E-state index in [4.69, 9.17) is 9.57 Å². The van der Waals surface area contributed by atoms with Crippen molar-refractivity contribution < 1.29 is 24.3 Å². The molecule has 33 heavy (non-hydrogen) atoms. The van der Waals surface area contributed by atoms with E-state index in [1.807, 2.05) is 6.07 Å². The fraction of sp³-hybridized carbons (Fsp3) is 0.440. The zero-order chi connectivity index (χ0) is 23.4. The Kier molecular flexibility index (Phi) is 4.86. The Morgan fingerprint density at radius 2 is 2.12 bits per heavy atom. The van der Waals surface area contributed by atoms with Crippen LogP contribution < -0.4 is 5.48 Å². The highest BCUT2D eigenvalue weighted by atomic mass is 16.7. The first kappa shape index (κ1) is 21.3. The zero-order valence-electron chi connectivity index (χ0n) is 18.8. The Morgan fingerprint density at radius 1 is 1.30 bits per heavy atom. The van der Waals surface area contributed by atoms with Crippen molar-refractivity contribution in [1.29, 1.82) is 0 Å². The number of ether oxygens (including phenoxy) is 1. The summed E-state index contributed by atoms with van der Waals surface area (Å²) >= 11 is 0. The van der Waals surface area contributed by atoms with Crippen LogP contribution in [-0.2, 0) is 19.9 Å². The standard InChI is InChI=1S/C25H25N3O5/c1-4-5-18-13-25(18,23-26-21(14-29)33-27-23)28-19-7-6-15(10-17(19)11-20(28)22(30)31)16-8-9-32-24(2,3)12-16/h6-7,10-11,16,18H,8-9,12-13H2,1-3H3,(H,26,27)(H,30,31)/t16-,18-,25-/m0/s1. The van der Waals surface area contributed by atoms with Gasteiger partial charge in [0.15, 0.2) is 11.8 Å². The van der Waals surface area contributed by atoms with Gasteiger partial charge in [-0.1, -0.05) is 12.0 Å². The summed E-state index contributed by atoms with van der Waals surface area (Å²) in [5.74, 6) is 6.99. The van der Waals surface area contributed by atoms with E-state index >= 15 is 0 Å². The number of aromatic carboxylic acids is 1. The van der Waals surface area contributed by atoms with Gasteiger partial charge in [0.05, 0.1) is 11.5 Å². The number of hydrogen-bond donors (Lipinski definition) is 2. The molecule has 5 rings (SSSR count). The highest BCUT2D eigenvalue weighted by molar-refractivity contribution is 6.01. The molecule has 1 aromatic heterocycles. The minimum atomic E-state index is -1.04. The summed E-state index contributed by atoms with van der Waals surface area (Å²) in [7, 11) is 0. The average molecular weight is 447 g/mol. The van der Waals surface area contributed by atoms with Gasteiger partial charge in [-0.2, -0.15) is 4.99 Å². The number of benzene rings is 1. The molecule has 3 heterocycles. The summed E-state index contributed by atoms with van der Waals surface area (Å²) in [4.78, 5) is 32.7. The van der Waals surface area contributed by atoms with E-state index in [0.29, 0.717) is 24.8 Å². The van der Waals surface area contributed by atoms with Gasteiger partial charge in [0.1, 0.15) is 11.2 Å². The molecule has 1 saturated heterocycles. The fourth-order valence-electron chi connectivity index (χ4n) is 5.28. The van der Waals surface area contributed by atoms with Crippen LogP contribution in [0.1, 0.15) is 62.0 Å². The summed E-state index contributed by atoms with van der Waals surface area (Å²) in [6.07, 6.45) is 2.38. The van der Waals surface area contributed by atoms with Gasteiger partial charge in [-0.05, 0) is 69.7 Å². The van der Waals surface area contributed by atoms with Gasteiger partial charge >= 0.3 is 11.9 Å². The maximum Gasteiger partial charge on any atom is 0.352 e. The second-order valence-corrected chi connectivity index (χ2v) is 9.43. The van der Waals surface area contributed by atoms with E-state index in [2.05, 4.69) is 48.3 Å². The van der Waals surface area contributed by atoms with Crippen LogP contribution >= 0.6 is 0 Å². The van der Waals surface area contributed by atoms with Gasteiger partial charge in [-0.3, -0.25) is 0 Å². The summed E-state index contributed by atoms with van der Waals surface area (Å²) < 4.78 is 7.64. The molecule has 0 bridgehead atoms. The SMILES string of the molecule is CC#C[C@H]1C[C@]1(C1=NC(=C=O)ON1)n1c(C(=O)O)cc2cc([C@H]3CCOC(C)(C)C3)ccc21. The van der Waals surface area contributed by atoms with Crippen molar-refractivity contribution in [1.82, 2.24) is 10.0 Å². The first-order valence-electron chi connectivity index (χ1n) is 11.0. The van der Waals surface area contributed by atoms with E-state index in [-0.39, 0.29) is 23.1 Å². The Labute approximate surface area is 191 Å². The van der Waals surface area contributed by atoms with Crippen LogP contribution in [0.2, 0.25) is 0 Å². The molecule has 8 nitrogen and oxygen atoms in total. The predicted octanol–water partition coefficient (Wildman–Crippen LogP) is 3.36. The number of nitrogens with zero attached hydrogens (tertiary/aromatic N) is 2. The van der Waals surface area contributed by atoms with Crippen molar-refractivity contribution >= 4 is 28.6 Å². The Balaban J connectivity index is 1.65. The lowest BCUT2D eigenvalue weighted by Crippen LogP contribution is -2.38. The molecule has 3 aliphatic rings. The third kappa shape index (κ3) is 3.41. The molecule has 2 aliphatic heterocycles. The number of aliphatic imine (C=N–C) groups is 1. The molecule has 3 atom stereocenters. The number of aromatic nitrogens is 1. The zero-order valence-corrected chi connectivity index (χ0v) is 18.8. The topological polar surface area (TPSA) is 102 Å². The van der Waals surface area contributed by atoms with Gasteiger partial charge in [0.2, 0.25) is 0 Å². The molecule has 0 amide bonds. The summed E-state index contributed by atoms with van der Waals surface area (Å²) in [6, 6.07) is 7.83. The van der Waals surface area contributed by atoms with Gasteiger partial charge in [-0.15, -0.1) is 5.92 Å². The number of rotatable bonds is 4. The van der Waals surface area contributed by atoms with Crippen molar-refractivity contribution in [3.05, 3.63) is 41.4 Å². The van der Waals surface area contributed by atoms with Crippen LogP contribution in [0.15, 0.2) is 35.1 Å². The van der Waals surface area contributed by atoms with Crippen LogP contribution in [0.4, 0.5) is 0 Å². The van der Waals surface area contributed by atoms with Crippen molar-refractivity contribution in [2.75, 3.05) is 6.61 Å². The minimum Gasteiger partial charge on any atom is -0.477 e. The molecule has 2 fully saturated rings. The lowest BCUT2D eigenvalue weighted by atomic mass is 9.83. The van der Waals surface area contributed by atoms with Gasteiger partial charge in [0, 0.05) is 17.5 Å². The summed E-state index contributed by atoms with van der Waals surface area (Å²) in [5, 5.41) is 10.9. The second-order valence-electron chi connectivity index (χ2n) is 9.43. The van der Waals surface area contributed by atoms with Crippen LogP contribution in [-0.4, -0.2) is 39.6 Å². The number of carboxylic acids is 1. The number of fused-ring (bicyclic) bond motifs is 1. The fourth-order valence-corrected chi connectivity index (χ4v) is 5.28. The number of amidine groups is 1. The molecule has 0 radical (unpaired) electrons. The second kappa shape index (κ2) is 7.51. The van der Waals surface area contributed by atoms with E-state index in [0.717, 1.165) is 23.7 Å². The summed E-state index contributed by atoms with van der Waals surface area (Å²) in [6.45, 7) is 6.65. The van der Waals surface area contributed by atoms with Crippen LogP contribution in [0.5, 0.6) is 0 Å². The number of carbonyl (C=O) groups excluding carboxylic acids is 1. The number of hydroxylamine groups is 1. The summed E-state index contributed by atoms with van der Waals surface area (Å²) in [5.41, 5.74) is 3.74. The van der Waals surface area contributed by atoms with E-state index in [1.165, 1.54) is 5.56 Å². The molecule has 1 aliphatic carbocycles. The highest BCUT2D eigenvalue weighted by Gasteiger charge is 2.62. The predicted molar refractivity (Wildman–Crippen MR) is 121 cm³/mol. The Hall–Kier alpha value is -3.53. The molecule has 1 saturated carbocycles. The maximum absolute atomic E-state index is 12.3. The van der Waals surface area contributed by atoms with E-state index < -0.39 is 11.5 Å². The third-order valence-corrected chi connectivity index (χ3v) is 6.82. The lowest BCUT2D eigenvalue weighted by Gasteiger charge is -2.35. The Morgan fingerprint density at radius 3 is 2.79 bits per heavy atom. The average Bonchev–Trinajstić information content (AvgIpc) is 3.14. The van der Waals surface area contributed by atoms with Crippen LogP contribution in [0, 0.1) is 17.8 Å². The van der Waals surface area contributed by atoms with Crippen molar-refractivity contribution in [2.24, 2.45) is 10.9 Å². The lowest BCUT2D eigenvalue weighted by molar-refractivity contribution is -0.0592. The molecular formula is C25H25N3O5. The molecule has 2 aromatic rings. The Bertz CT molecular complexity index is 1300. The number of carboxylic acid groups (broad SMARTS) is 1. The normalized spacial score (nSPS) is 27.6. The van der Waals surface area contributed by atoms with Gasteiger partial charge in [-0.25, -0.2) is 15.1 Å². The highest BCUT2D eigenvalue weighted by Crippen LogP contribution is 2.54. The van der Waals surface area contributed by atoms with Crippen molar-refractivity contribution in [3.63, 3.8) is 0 Å². The smallest absolute Gasteiger partial charge is 0.352 e. The molecule has 0 unspecified atom stereocenters. The molecule has 1 aromatic carbocycles. The molecule has 2 N–H and O–H groups in total. The largest absolute Gasteiger partial charge is 0.477 e. The third-order valence-electron chi connectivity index (χ3n) is 6.82. The first-order valence-corrected chi connectivity index (χ1v) is 11.0. The maximum atomic E-state index is 12.3. The van der Waals surface area contributed by atoms with Crippen LogP contribution in [0.25, 0.3) is 10.9 Å². The first-order chi connectivity index (χ1) is 15.8. The van der Waals surface area contributed by atoms with E-state index in [1.54, 1.807) is 23.5 Å². The number of hydrogen-bond acceptors (Lipinski definition) is 6. The van der Waals surface area contributed by atoms with Gasteiger partial charge < -0.3 is 19.2 Å². The van der Waals surface area contributed by atoms with Crippen molar-refractivity contribution in [2.45, 2.75) is 57.1 Å². The molecule has 8 heteroatoms. The monoisotopic (exact) mass is 447 g/mol. The van der Waals surface area contributed by atoms with Crippen LogP contribution in [0.3, 0.4) is 0 Å². The molecule has 0 spiro atoms. The van der Waals surface area contributed by atoms with Crippen molar-refractivity contribution in [3.8, 4) is 11.8 Å². The minimum absolute atomic E-state index is 0.142. The quantitative estimate of drug-likeness (QED) is 0.551. The van der Waals surface area contributed by atoms with E-state index in [9.17, 15) is 14.7 Å². The number of nitrogens with one attached hydrogen (secondary N) is 1.